The average molecular weight is 377 g/mol. The van der Waals surface area contributed by atoms with Crippen molar-refractivity contribution in [3.63, 3.8) is 0 Å². The number of hydrogen-bond acceptors (Lipinski definition) is 3. The molecule has 1 aromatic heterocycles. The lowest BCUT2D eigenvalue weighted by Gasteiger charge is -2.12. The lowest BCUT2D eigenvalue weighted by Crippen LogP contribution is -2.13. The molecule has 3 rings (SSSR count). The van der Waals surface area contributed by atoms with Crippen molar-refractivity contribution < 1.29 is 12.8 Å². The molecular weight excluding hydrogens is 363 g/mol. The zero-order chi connectivity index (χ0) is 18.0. The van der Waals surface area contributed by atoms with Crippen molar-refractivity contribution in [3.8, 4) is 11.3 Å². The van der Waals surface area contributed by atoms with Crippen molar-refractivity contribution in [1.82, 2.24) is 4.98 Å². The SMILES string of the molecule is Cc1ccc(-c2ccc(F)cn2)cc1NS(=O)(=O)c1ccc(Cl)cc1. The van der Waals surface area contributed by atoms with Crippen LogP contribution >= 0.6 is 11.6 Å². The number of aromatic nitrogens is 1. The van der Waals surface area contributed by atoms with Gasteiger partial charge in [-0.25, -0.2) is 12.8 Å². The molecule has 0 aliphatic heterocycles. The maximum atomic E-state index is 13.0. The molecule has 0 saturated heterocycles. The monoisotopic (exact) mass is 376 g/mol. The summed E-state index contributed by atoms with van der Waals surface area (Å²) in [6.45, 7) is 1.79. The Labute approximate surface area is 150 Å². The van der Waals surface area contributed by atoms with E-state index in [1.807, 2.05) is 0 Å². The number of rotatable bonds is 4. The molecule has 7 heteroatoms. The first-order chi connectivity index (χ1) is 11.8. The van der Waals surface area contributed by atoms with Gasteiger partial charge in [-0.2, -0.15) is 0 Å². The summed E-state index contributed by atoms with van der Waals surface area (Å²) < 4.78 is 40.7. The molecule has 0 aliphatic rings. The quantitative estimate of drug-likeness (QED) is 0.721. The van der Waals surface area contributed by atoms with Gasteiger partial charge < -0.3 is 0 Å². The van der Waals surface area contributed by atoms with Crippen molar-refractivity contribution in [3.05, 3.63) is 77.2 Å². The molecule has 25 heavy (non-hydrogen) atoms. The van der Waals surface area contributed by atoms with Crippen LogP contribution in [0, 0.1) is 12.7 Å². The lowest BCUT2D eigenvalue weighted by molar-refractivity contribution is 0.601. The second-order valence-electron chi connectivity index (χ2n) is 5.45. The van der Waals surface area contributed by atoms with E-state index in [1.54, 1.807) is 25.1 Å². The summed E-state index contributed by atoms with van der Waals surface area (Å²) in [7, 11) is -3.75. The fourth-order valence-electron chi connectivity index (χ4n) is 2.26. The maximum Gasteiger partial charge on any atom is 0.261 e. The van der Waals surface area contributed by atoms with Gasteiger partial charge in [0.25, 0.3) is 10.0 Å². The Morgan fingerprint density at radius 1 is 1.04 bits per heavy atom. The number of nitrogens with zero attached hydrogens (tertiary/aromatic N) is 1. The summed E-state index contributed by atoms with van der Waals surface area (Å²) in [4.78, 5) is 4.13. The summed E-state index contributed by atoms with van der Waals surface area (Å²) in [5, 5.41) is 0.458. The number of benzene rings is 2. The minimum absolute atomic E-state index is 0.113. The number of halogens is 2. The number of nitrogens with one attached hydrogen (secondary N) is 1. The third kappa shape index (κ3) is 3.97. The van der Waals surface area contributed by atoms with E-state index in [-0.39, 0.29) is 4.90 Å². The molecule has 0 amide bonds. The van der Waals surface area contributed by atoms with E-state index in [2.05, 4.69) is 9.71 Å². The number of aryl methyl sites for hydroxylation is 1. The molecule has 1 N–H and O–H groups in total. The van der Waals surface area contributed by atoms with E-state index in [1.165, 1.54) is 36.4 Å². The van der Waals surface area contributed by atoms with Crippen LogP contribution in [0.5, 0.6) is 0 Å². The number of sulfonamides is 1. The molecule has 0 fully saturated rings. The van der Waals surface area contributed by atoms with Gasteiger partial charge in [-0.1, -0.05) is 23.7 Å². The number of hydrogen-bond donors (Lipinski definition) is 1. The van der Waals surface area contributed by atoms with Gasteiger partial charge in [0.2, 0.25) is 0 Å². The first kappa shape index (κ1) is 17.4. The zero-order valence-corrected chi connectivity index (χ0v) is 14.8. The Hall–Kier alpha value is -2.44. The zero-order valence-electron chi connectivity index (χ0n) is 13.2. The predicted octanol–water partition coefficient (Wildman–Crippen LogP) is 4.65. The van der Waals surface area contributed by atoms with Crippen LogP contribution in [0.3, 0.4) is 0 Å². The van der Waals surface area contributed by atoms with Crippen LogP contribution in [0.25, 0.3) is 11.3 Å². The molecule has 4 nitrogen and oxygen atoms in total. The van der Waals surface area contributed by atoms with Gasteiger partial charge in [0, 0.05) is 10.6 Å². The molecule has 128 valence electrons. The standard InChI is InChI=1S/C18H14ClFN2O2S/c1-12-2-3-13(17-9-6-15(20)11-21-17)10-18(12)22-25(23,24)16-7-4-14(19)5-8-16/h2-11,22H,1H3. The smallest absolute Gasteiger partial charge is 0.261 e. The summed E-state index contributed by atoms with van der Waals surface area (Å²) in [6, 6.07) is 14.0. The number of anilines is 1. The highest BCUT2D eigenvalue weighted by Crippen LogP contribution is 2.26. The average Bonchev–Trinajstić information content (AvgIpc) is 2.58. The largest absolute Gasteiger partial charge is 0.279 e. The highest BCUT2D eigenvalue weighted by molar-refractivity contribution is 7.92. The Kier molecular flexibility index (Phi) is 4.74. The Balaban J connectivity index is 1.95. The van der Waals surface area contributed by atoms with Gasteiger partial charge in [0.1, 0.15) is 5.82 Å². The fourth-order valence-corrected chi connectivity index (χ4v) is 3.50. The summed E-state index contributed by atoms with van der Waals surface area (Å²) in [5.41, 5.74) is 2.41. The molecule has 0 spiro atoms. The van der Waals surface area contributed by atoms with E-state index in [0.717, 1.165) is 11.8 Å². The Morgan fingerprint density at radius 3 is 2.40 bits per heavy atom. The second kappa shape index (κ2) is 6.82. The van der Waals surface area contributed by atoms with Gasteiger partial charge in [0.15, 0.2) is 0 Å². The third-order valence-corrected chi connectivity index (χ3v) is 5.26. The van der Waals surface area contributed by atoms with Gasteiger partial charge in [-0.3, -0.25) is 9.71 Å². The van der Waals surface area contributed by atoms with Gasteiger partial charge in [-0.15, -0.1) is 0 Å². The molecule has 1 heterocycles. The van der Waals surface area contributed by atoms with Gasteiger partial charge in [0.05, 0.1) is 22.5 Å². The first-order valence-corrected chi connectivity index (χ1v) is 9.22. The van der Waals surface area contributed by atoms with Crippen LogP contribution in [-0.2, 0) is 10.0 Å². The highest BCUT2D eigenvalue weighted by atomic mass is 35.5. The minimum atomic E-state index is -3.75. The van der Waals surface area contributed by atoms with Crippen molar-refractivity contribution in [2.24, 2.45) is 0 Å². The van der Waals surface area contributed by atoms with Crippen LogP contribution in [0.4, 0.5) is 10.1 Å². The van der Waals surface area contributed by atoms with Crippen LogP contribution in [-0.4, -0.2) is 13.4 Å². The second-order valence-corrected chi connectivity index (χ2v) is 7.57. The minimum Gasteiger partial charge on any atom is -0.279 e. The Bertz CT molecular complexity index is 1000. The van der Waals surface area contributed by atoms with Crippen LogP contribution in [0.2, 0.25) is 5.02 Å². The van der Waals surface area contributed by atoms with Gasteiger partial charge in [-0.05, 0) is 55.0 Å². The molecular formula is C18H14ClFN2O2S. The van der Waals surface area contributed by atoms with E-state index < -0.39 is 15.8 Å². The molecule has 0 radical (unpaired) electrons. The molecule has 3 aromatic rings. The first-order valence-electron chi connectivity index (χ1n) is 7.36. The predicted molar refractivity (Wildman–Crippen MR) is 96.6 cm³/mol. The number of pyridine rings is 1. The van der Waals surface area contributed by atoms with E-state index in [4.69, 9.17) is 11.6 Å². The molecule has 0 saturated carbocycles. The van der Waals surface area contributed by atoms with Crippen molar-refractivity contribution >= 4 is 27.3 Å². The lowest BCUT2D eigenvalue weighted by atomic mass is 10.1. The van der Waals surface area contributed by atoms with Crippen molar-refractivity contribution in [1.29, 1.82) is 0 Å². The fraction of sp³-hybridized carbons (Fsp3) is 0.0556. The van der Waals surface area contributed by atoms with Crippen LogP contribution in [0.15, 0.2) is 65.7 Å². The highest BCUT2D eigenvalue weighted by Gasteiger charge is 2.16. The summed E-state index contributed by atoms with van der Waals surface area (Å²) in [5.74, 6) is -0.431. The van der Waals surface area contributed by atoms with E-state index in [9.17, 15) is 12.8 Å². The summed E-state index contributed by atoms with van der Waals surface area (Å²) >= 11 is 5.80. The van der Waals surface area contributed by atoms with Crippen LogP contribution < -0.4 is 4.72 Å². The van der Waals surface area contributed by atoms with Gasteiger partial charge >= 0.3 is 0 Å². The topological polar surface area (TPSA) is 59.1 Å². The normalized spacial score (nSPS) is 11.3. The molecule has 0 atom stereocenters. The van der Waals surface area contributed by atoms with Crippen molar-refractivity contribution in [2.45, 2.75) is 11.8 Å². The Morgan fingerprint density at radius 2 is 1.76 bits per heavy atom. The van der Waals surface area contributed by atoms with E-state index >= 15 is 0 Å². The molecule has 0 bridgehead atoms. The molecule has 0 unspecified atom stereocenters. The third-order valence-electron chi connectivity index (χ3n) is 3.63. The molecule has 2 aromatic carbocycles. The molecule has 0 aliphatic carbocycles. The van der Waals surface area contributed by atoms with Crippen LogP contribution in [0.1, 0.15) is 5.56 Å². The van der Waals surface area contributed by atoms with E-state index in [0.29, 0.717) is 22.0 Å². The maximum absolute atomic E-state index is 13.0. The summed E-state index contributed by atoms with van der Waals surface area (Å²) in [6.07, 6.45) is 1.12. The van der Waals surface area contributed by atoms with Crippen molar-refractivity contribution in [2.75, 3.05) is 4.72 Å².